The largest absolute Gasteiger partial charge is 0.332 e. The Morgan fingerprint density at radius 3 is 2.71 bits per heavy atom. The first kappa shape index (κ1) is 16.1. The Morgan fingerprint density at radius 1 is 1.17 bits per heavy atom. The van der Waals surface area contributed by atoms with E-state index in [0.717, 1.165) is 16.8 Å². The van der Waals surface area contributed by atoms with Crippen molar-refractivity contribution < 1.29 is 4.39 Å². The Balaban J connectivity index is 1.59. The highest BCUT2D eigenvalue weighted by Gasteiger charge is 2.05. The lowest BCUT2D eigenvalue weighted by Crippen LogP contribution is -2.20. The summed E-state index contributed by atoms with van der Waals surface area (Å²) in [5.74, 6) is 0.148. The average Bonchev–Trinajstić information content (AvgIpc) is 2.96. The molecule has 24 heavy (non-hydrogen) atoms. The number of nitrogens with one attached hydrogen (secondary N) is 2. The topological polar surface area (TPSA) is 54.8 Å². The molecular weight excluding hydrogens is 325 g/mol. The third kappa shape index (κ3) is 4.36. The second-order valence-electron chi connectivity index (χ2n) is 5.34. The first-order valence-electron chi connectivity index (χ1n) is 7.37. The predicted molar refractivity (Wildman–Crippen MR) is 96.5 cm³/mol. The van der Waals surface area contributed by atoms with E-state index in [0.29, 0.717) is 17.6 Å². The van der Waals surface area contributed by atoms with Crippen molar-refractivity contribution in [3.05, 3.63) is 71.8 Å². The smallest absolute Gasteiger partial charge is 0.248 e. The van der Waals surface area contributed by atoms with Crippen LogP contribution in [0, 0.1) is 12.7 Å². The molecule has 0 saturated carbocycles. The Bertz CT molecular complexity index is 844. The summed E-state index contributed by atoms with van der Waals surface area (Å²) in [6, 6.07) is 14.2. The second-order valence-corrected chi connectivity index (χ2v) is 5.75. The fourth-order valence-electron chi connectivity index (χ4n) is 2.19. The predicted octanol–water partition coefficient (Wildman–Crippen LogP) is 3.58. The number of halogens is 1. The highest BCUT2D eigenvalue weighted by Crippen LogP contribution is 2.10. The maximum atomic E-state index is 12.9. The van der Waals surface area contributed by atoms with Gasteiger partial charge in [-0.3, -0.25) is 5.32 Å². The van der Waals surface area contributed by atoms with Crippen LogP contribution in [0.15, 0.2) is 54.9 Å². The van der Waals surface area contributed by atoms with Gasteiger partial charge < -0.3 is 5.32 Å². The number of thiocarbonyl (C=S) groups is 1. The number of hydrogen-bond donors (Lipinski definition) is 2. The van der Waals surface area contributed by atoms with Crippen LogP contribution < -0.4 is 10.6 Å². The van der Waals surface area contributed by atoms with Gasteiger partial charge in [-0.1, -0.05) is 24.3 Å². The molecule has 0 saturated heterocycles. The van der Waals surface area contributed by atoms with E-state index in [1.54, 1.807) is 23.1 Å². The number of aryl methyl sites for hydroxylation is 1. The molecule has 0 radical (unpaired) electrons. The van der Waals surface area contributed by atoms with E-state index in [1.165, 1.54) is 12.1 Å². The number of benzene rings is 2. The maximum absolute atomic E-state index is 12.9. The molecule has 0 fully saturated rings. The average molecular weight is 341 g/mol. The van der Waals surface area contributed by atoms with E-state index in [9.17, 15) is 4.39 Å². The van der Waals surface area contributed by atoms with Crippen LogP contribution in [0.2, 0.25) is 0 Å². The second kappa shape index (κ2) is 7.18. The van der Waals surface area contributed by atoms with Crippen LogP contribution in [0.1, 0.15) is 11.1 Å². The van der Waals surface area contributed by atoms with Gasteiger partial charge in [0.1, 0.15) is 12.1 Å². The Kier molecular flexibility index (Phi) is 4.81. The lowest BCUT2D eigenvalue weighted by Gasteiger charge is -2.08. The van der Waals surface area contributed by atoms with Crippen molar-refractivity contribution in [1.82, 2.24) is 14.8 Å². The molecule has 3 rings (SSSR count). The van der Waals surface area contributed by atoms with Crippen molar-refractivity contribution in [2.24, 2.45) is 0 Å². The molecule has 5 nitrogen and oxygen atoms in total. The summed E-state index contributed by atoms with van der Waals surface area (Å²) in [6.45, 7) is 2.52. The van der Waals surface area contributed by atoms with E-state index < -0.39 is 0 Å². The first-order chi connectivity index (χ1) is 11.6. The molecule has 0 unspecified atom stereocenters. The summed E-state index contributed by atoms with van der Waals surface area (Å²) in [5, 5.41) is 10.7. The van der Waals surface area contributed by atoms with Crippen LogP contribution in [0.3, 0.4) is 0 Å². The van der Waals surface area contributed by atoms with Gasteiger partial charge in [-0.2, -0.15) is 0 Å². The third-order valence-electron chi connectivity index (χ3n) is 3.30. The van der Waals surface area contributed by atoms with E-state index in [1.807, 2.05) is 31.2 Å². The highest BCUT2D eigenvalue weighted by molar-refractivity contribution is 7.80. The van der Waals surface area contributed by atoms with Crippen LogP contribution in [-0.2, 0) is 6.54 Å². The molecule has 2 N–H and O–H groups in total. The molecule has 0 aliphatic heterocycles. The van der Waals surface area contributed by atoms with Gasteiger partial charge in [-0.05, 0) is 54.5 Å². The molecule has 0 aliphatic carbocycles. The summed E-state index contributed by atoms with van der Waals surface area (Å²) < 4.78 is 14.6. The van der Waals surface area contributed by atoms with Crippen molar-refractivity contribution in [2.75, 3.05) is 10.6 Å². The number of rotatable bonds is 4. The van der Waals surface area contributed by atoms with E-state index >= 15 is 0 Å². The fourth-order valence-corrected chi connectivity index (χ4v) is 2.40. The molecule has 3 aromatic rings. The molecule has 0 amide bonds. The Hall–Kier alpha value is -2.80. The summed E-state index contributed by atoms with van der Waals surface area (Å²) >= 11 is 5.26. The molecule has 122 valence electrons. The van der Waals surface area contributed by atoms with Crippen molar-refractivity contribution >= 4 is 29.0 Å². The van der Waals surface area contributed by atoms with Gasteiger partial charge in [-0.15, -0.1) is 5.10 Å². The van der Waals surface area contributed by atoms with Crippen molar-refractivity contribution in [1.29, 1.82) is 0 Å². The standard InChI is InChI=1S/C17H16FN5S/c1-12-3-2-4-15(9-12)20-17(24)21-16-19-11-23(22-16)10-13-5-7-14(18)8-6-13/h2-9,11H,10H2,1H3,(H2,20,21,22,24). The van der Waals surface area contributed by atoms with Gasteiger partial charge in [0.2, 0.25) is 5.95 Å². The number of aromatic nitrogens is 3. The minimum atomic E-state index is -0.257. The number of anilines is 2. The first-order valence-corrected chi connectivity index (χ1v) is 7.78. The van der Waals surface area contributed by atoms with Crippen LogP contribution in [0.5, 0.6) is 0 Å². The zero-order valence-electron chi connectivity index (χ0n) is 13.0. The van der Waals surface area contributed by atoms with Gasteiger partial charge in [0.05, 0.1) is 6.54 Å². The summed E-state index contributed by atoms with van der Waals surface area (Å²) in [4.78, 5) is 4.17. The zero-order valence-corrected chi connectivity index (χ0v) is 13.8. The van der Waals surface area contributed by atoms with E-state index in [-0.39, 0.29) is 5.82 Å². The molecule has 7 heteroatoms. The molecule has 0 bridgehead atoms. The molecule has 1 heterocycles. The van der Waals surface area contributed by atoms with Crippen molar-refractivity contribution in [3.63, 3.8) is 0 Å². The quantitative estimate of drug-likeness (QED) is 0.711. The number of hydrogen-bond acceptors (Lipinski definition) is 3. The van der Waals surface area contributed by atoms with Gasteiger partial charge in [0, 0.05) is 5.69 Å². The third-order valence-corrected chi connectivity index (χ3v) is 3.50. The summed E-state index contributed by atoms with van der Waals surface area (Å²) in [6.07, 6.45) is 1.60. The minimum Gasteiger partial charge on any atom is -0.332 e. The van der Waals surface area contributed by atoms with Crippen molar-refractivity contribution in [2.45, 2.75) is 13.5 Å². The normalized spacial score (nSPS) is 10.4. The highest BCUT2D eigenvalue weighted by atomic mass is 32.1. The molecule has 0 aliphatic rings. The molecular formula is C17H16FN5S. The van der Waals surface area contributed by atoms with Gasteiger partial charge in [0.15, 0.2) is 5.11 Å². The van der Waals surface area contributed by atoms with Gasteiger partial charge >= 0.3 is 0 Å². The Labute approximate surface area is 144 Å². The van der Waals surface area contributed by atoms with Crippen LogP contribution >= 0.6 is 12.2 Å². The van der Waals surface area contributed by atoms with Crippen LogP contribution in [-0.4, -0.2) is 19.9 Å². The lowest BCUT2D eigenvalue weighted by atomic mass is 10.2. The summed E-state index contributed by atoms with van der Waals surface area (Å²) in [5.41, 5.74) is 2.98. The zero-order chi connectivity index (χ0) is 16.9. The molecule has 0 spiro atoms. The van der Waals surface area contributed by atoms with Gasteiger partial charge in [0.25, 0.3) is 0 Å². The lowest BCUT2D eigenvalue weighted by molar-refractivity contribution is 0.624. The number of nitrogens with zero attached hydrogens (tertiary/aromatic N) is 3. The van der Waals surface area contributed by atoms with Crippen LogP contribution in [0.25, 0.3) is 0 Å². The summed E-state index contributed by atoms with van der Waals surface area (Å²) in [7, 11) is 0. The van der Waals surface area contributed by atoms with Crippen molar-refractivity contribution in [3.8, 4) is 0 Å². The molecule has 2 aromatic carbocycles. The fraction of sp³-hybridized carbons (Fsp3) is 0.118. The van der Waals surface area contributed by atoms with E-state index in [2.05, 4.69) is 20.7 Å². The van der Waals surface area contributed by atoms with Crippen LogP contribution in [0.4, 0.5) is 16.0 Å². The monoisotopic (exact) mass is 341 g/mol. The molecule has 1 aromatic heterocycles. The minimum absolute atomic E-state index is 0.257. The maximum Gasteiger partial charge on any atom is 0.248 e. The SMILES string of the molecule is Cc1cccc(NC(=S)Nc2ncn(Cc3ccc(F)cc3)n2)c1. The molecule has 0 atom stereocenters. The van der Waals surface area contributed by atoms with E-state index in [4.69, 9.17) is 12.2 Å². The Morgan fingerprint density at radius 2 is 1.96 bits per heavy atom. The van der Waals surface area contributed by atoms with Gasteiger partial charge in [-0.25, -0.2) is 14.1 Å².